The van der Waals surface area contributed by atoms with E-state index in [1.54, 1.807) is 0 Å². The lowest BCUT2D eigenvalue weighted by Crippen LogP contribution is -1.98. The van der Waals surface area contributed by atoms with Crippen molar-refractivity contribution >= 4 is 23.8 Å². The normalized spacial score (nSPS) is 13.1. The van der Waals surface area contributed by atoms with Crippen molar-refractivity contribution in [3.63, 3.8) is 0 Å². The second-order valence-corrected chi connectivity index (χ2v) is 9.88. The molecule has 2 aliphatic rings. The Labute approximate surface area is 198 Å². The molecule has 0 radical (unpaired) electrons. The van der Waals surface area contributed by atoms with Crippen LogP contribution in [0.4, 0.5) is 11.4 Å². The lowest BCUT2D eigenvalue weighted by atomic mass is 9.90. The van der Waals surface area contributed by atoms with Gasteiger partial charge in [-0.3, -0.25) is 9.98 Å². The fraction of sp³-hybridized carbons (Fsp3) is 0.533. The van der Waals surface area contributed by atoms with Crippen molar-refractivity contribution in [1.29, 1.82) is 0 Å². The molecule has 0 atom stereocenters. The van der Waals surface area contributed by atoms with E-state index in [1.807, 2.05) is 12.4 Å². The van der Waals surface area contributed by atoms with Gasteiger partial charge in [0.05, 0.1) is 11.4 Å². The minimum atomic E-state index is 0. The van der Waals surface area contributed by atoms with Gasteiger partial charge in [-0.15, -0.1) is 0 Å². The minimum Gasteiger partial charge on any atom is -0.261 e. The molecular formula is C30H46N2. The van der Waals surface area contributed by atoms with Crippen molar-refractivity contribution in [1.82, 2.24) is 0 Å². The second kappa shape index (κ2) is 11.6. The van der Waals surface area contributed by atoms with Crippen LogP contribution < -0.4 is 0 Å². The van der Waals surface area contributed by atoms with E-state index in [-0.39, 0.29) is 14.9 Å². The van der Waals surface area contributed by atoms with E-state index in [4.69, 9.17) is 0 Å². The van der Waals surface area contributed by atoms with E-state index in [0.29, 0.717) is 23.7 Å². The quantitative estimate of drug-likeness (QED) is 0.457. The van der Waals surface area contributed by atoms with E-state index in [2.05, 4.69) is 89.6 Å². The van der Waals surface area contributed by atoms with Gasteiger partial charge in [-0.1, -0.05) is 88.4 Å². The van der Waals surface area contributed by atoms with Gasteiger partial charge >= 0.3 is 0 Å². The Morgan fingerprint density at radius 3 is 1.69 bits per heavy atom. The second-order valence-electron chi connectivity index (χ2n) is 9.88. The highest BCUT2D eigenvalue weighted by molar-refractivity contribution is 5.78. The van der Waals surface area contributed by atoms with Crippen LogP contribution in [-0.2, 0) is 12.8 Å². The monoisotopic (exact) mass is 434 g/mol. The summed E-state index contributed by atoms with van der Waals surface area (Å²) < 4.78 is 0. The van der Waals surface area contributed by atoms with Gasteiger partial charge in [0.1, 0.15) is 0 Å². The summed E-state index contributed by atoms with van der Waals surface area (Å²) >= 11 is 0. The highest BCUT2D eigenvalue weighted by Crippen LogP contribution is 2.37. The Morgan fingerprint density at radius 1 is 0.594 bits per heavy atom. The molecule has 0 fully saturated rings. The molecule has 2 aromatic rings. The number of fused-ring (bicyclic) bond motifs is 2. The highest BCUT2D eigenvalue weighted by Gasteiger charge is 2.17. The van der Waals surface area contributed by atoms with Crippen molar-refractivity contribution in [2.45, 2.75) is 107 Å². The zero-order chi connectivity index (χ0) is 22.0. The van der Waals surface area contributed by atoms with Gasteiger partial charge in [-0.05, 0) is 63.1 Å². The molecule has 0 unspecified atom stereocenters. The molecule has 176 valence electrons. The fourth-order valence-electron chi connectivity index (χ4n) is 4.19. The molecule has 0 saturated carbocycles. The first kappa shape index (κ1) is 27.8. The lowest BCUT2D eigenvalue weighted by molar-refractivity contribution is 0.826. The summed E-state index contributed by atoms with van der Waals surface area (Å²) in [4.78, 5) is 8.96. The summed E-state index contributed by atoms with van der Waals surface area (Å²) in [5.74, 6) is 2.35. The standard InChI is InChI=1S/2C14H19N.2CH4/c1-9(2)11-7-13(10(3)4)12-5-6-15-14(12)8-11;1-9(2)12-7-11-5-6-15-14(11)13(8-12)10(3)4;;/h2*6-10H,5H2,1-4H3;2*1H4. The third-order valence-electron chi connectivity index (χ3n) is 6.16. The van der Waals surface area contributed by atoms with Gasteiger partial charge in [0.25, 0.3) is 0 Å². The van der Waals surface area contributed by atoms with Gasteiger partial charge < -0.3 is 0 Å². The van der Waals surface area contributed by atoms with Crippen LogP contribution in [0.25, 0.3) is 0 Å². The van der Waals surface area contributed by atoms with Crippen LogP contribution in [0.1, 0.15) is 127 Å². The summed E-state index contributed by atoms with van der Waals surface area (Å²) in [6.07, 6.45) is 6.08. The average molecular weight is 435 g/mol. The van der Waals surface area contributed by atoms with Crippen molar-refractivity contribution in [2.24, 2.45) is 9.98 Å². The Morgan fingerprint density at radius 2 is 1.12 bits per heavy atom. The molecule has 0 saturated heterocycles. The molecule has 2 heteroatoms. The molecule has 0 amide bonds. The molecule has 0 aromatic heterocycles. The van der Waals surface area contributed by atoms with E-state index in [1.165, 1.54) is 44.8 Å². The number of rotatable bonds is 4. The minimum absolute atomic E-state index is 0. The molecule has 0 bridgehead atoms. The van der Waals surface area contributed by atoms with Crippen LogP contribution in [0, 0.1) is 0 Å². The SMILES string of the molecule is C.C.CC(C)c1cc2c(c(C(C)C)c1)CC=N2.CC(C)c1cc2c(c(C(C)C)c1)N=CC2. The molecule has 0 spiro atoms. The van der Waals surface area contributed by atoms with Crippen LogP contribution in [-0.4, -0.2) is 12.4 Å². The van der Waals surface area contributed by atoms with Gasteiger partial charge in [0.2, 0.25) is 0 Å². The van der Waals surface area contributed by atoms with Crippen LogP contribution in [0.2, 0.25) is 0 Å². The molecule has 0 N–H and O–H groups in total. The zero-order valence-electron chi connectivity index (χ0n) is 20.1. The zero-order valence-corrected chi connectivity index (χ0v) is 20.1. The van der Waals surface area contributed by atoms with Crippen LogP contribution >= 0.6 is 0 Å². The van der Waals surface area contributed by atoms with Crippen LogP contribution in [0.15, 0.2) is 34.3 Å². The number of nitrogens with zero attached hydrogens (tertiary/aromatic N) is 2. The molecule has 32 heavy (non-hydrogen) atoms. The van der Waals surface area contributed by atoms with Gasteiger partial charge in [-0.25, -0.2) is 0 Å². The highest BCUT2D eigenvalue weighted by atomic mass is 14.8. The smallest absolute Gasteiger partial charge is 0.0696 e. The molecule has 2 aliphatic heterocycles. The Balaban J connectivity index is 0.000000301. The van der Waals surface area contributed by atoms with Crippen molar-refractivity contribution in [3.8, 4) is 0 Å². The number of hydrogen-bond donors (Lipinski definition) is 0. The number of benzene rings is 2. The first-order valence-electron chi connectivity index (χ1n) is 11.6. The number of aliphatic imine (C=N–C) groups is 2. The van der Waals surface area contributed by atoms with E-state index in [0.717, 1.165) is 12.8 Å². The predicted molar refractivity (Wildman–Crippen MR) is 146 cm³/mol. The molecule has 2 aromatic carbocycles. The Kier molecular flexibility index (Phi) is 10.1. The van der Waals surface area contributed by atoms with Crippen molar-refractivity contribution < 1.29 is 0 Å². The van der Waals surface area contributed by atoms with Gasteiger partial charge in [0.15, 0.2) is 0 Å². The van der Waals surface area contributed by atoms with Crippen molar-refractivity contribution in [3.05, 3.63) is 57.6 Å². The average Bonchev–Trinajstić information content (AvgIpc) is 3.35. The summed E-state index contributed by atoms with van der Waals surface area (Å²) in [7, 11) is 0. The van der Waals surface area contributed by atoms with E-state index in [9.17, 15) is 0 Å². The first-order valence-corrected chi connectivity index (χ1v) is 11.6. The third-order valence-corrected chi connectivity index (χ3v) is 6.16. The first-order chi connectivity index (χ1) is 14.2. The maximum absolute atomic E-state index is 4.50. The number of hydrogen-bond acceptors (Lipinski definition) is 2. The maximum atomic E-state index is 4.50. The Hall–Kier alpha value is -2.22. The van der Waals surface area contributed by atoms with Crippen LogP contribution in [0.5, 0.6) is 0 Å². The topological polar surface area (TPSA) is 24.7 Å². The van der Waals surface area contributed by atoms with E-state index < -0.39 is 0 Å². The maximum Gasteiger partial charge on any atom is 0.0696 e. The summed E-state index contributed by atoms with van der Waals surface area (Å²) in [6, 6.07) is 9.26. The van der Waals surface area contributed by atoms with Gasteiger partial charge in [-0.2, -0.15) is 0 Å². The molecular weight excluding hydrogens is 388 g/mol. The van der Waals surface area contributed by atoms with Crippen molar-refractivity contribution in [2.75, 3.05) is 0 Å². The molecule has 2 nitrogen and oxygen atoms in total. The fourth-order valence-corrected chi connectivity index (χ4v) is 4.19. The molecule has 2 heterocycles. The lowest BCUT2D eigenvalue weighted by Gasteiger charge is -2.15. The predicted octanol–water partition coefficient (Wildman–Crippen LogP) is 9.66. The molecule has 0 aliphatic carbocycles. The molecule has 4 rings (SSSR count). The van der Waals surface area contributed by atoms with E-state index >= 15 is 0 Å². The summed E-state index contributed by atoms with van der Waals surface area (Å²) in [5, 5.41) is 0. The largest absolute Gasteiger partial charge is 0.261 e. The third kappa shape index (κ3) is 5.97. The van der Waals surface area contributed by atoms with Crippen LogP contribution in [0.3, 0.4) is 0 Å². The summed E-state index contributed by atoms with van der Waals surface area (Å²) in [6.45, 7) is 18.0. The Bertz CT molecular complexity index is 959. The van der Waals surface area contributed by atoms with Gasteiger partial charge in [0, 0.05) is 25.3 Å². The summed E-state index contributed by atoms with van der Waals surface area (Å²) in [5.41, 5.74) is 11.0.